The number of para-hydroxylation sites is 1. The highest BCUT2D eigenvalue weighted by Gasteiger charge is 2.48. The average molecular weight is 472 g/mol. The number of aromatic nitrogens is 2. The highest BCUT2D eigenvalue weighted by atomic mass is 16.4. The highest BCUT2D eigenvalue weighted by Crippen LogP contribution is 2.48. The molecular weight excluding hydrogens is 442 g/mol. The third-order valence-corrected chi connectivity index (χ3v) is 7.56. The van der Waals surface area contributed by atoms with Crippen molar-refractivity contribution in [3.05, 3.63) is 58.8 Å². The number of carboxylic acids is 1. The number of piperidine rings is 1. The van der Waals surface area contributed by atoms with Crippen LogP contribution in [0, 0.1) is 23.7 Å². The summed E-state index contributed by atoms with van der Waals surface area (Å²) in [6, 6.07) is 12.7. The number of carboxylic acid groups (broad SMARTS) is 1. The number of aliphatic hydroxyl groups is 1. The molecule has 2 heterocycles. The Balaban J connectivity index is 1.56. The normalized spacial score (nSPS) is 22.5. The molecule has 1 saturated heterocycles. The smallest absolute Gasteiger partial charge is 0.337 e. The van der Waals surface area contributed by atoms with Gasteiger partial charge in [-0.25, -0.2) is 14.8 Å². The van der Waals surface area contributed by atoms with E-state index < -0.39 is 5.97 Å². The van der Waals surface area contributed by atoms with Gasteiger partial charge >= 0.3 is 5.97 Å². The van der Waals surface area contributed by atoms with Crippen molar-refractivity contribution in [2.75, 3.05) is 23.3 Å². The fourth-order valence-electron chi connectivity index (χ4n) is 5.55. The fraction of sp³-hybridized carbons (Fsp3) is 0.407. The lowest BCUT2D eigenvalue weighted by molar-refractivity contribution is -0.0719. The number of carbonyl (C=O) groups is 1. The van der Waals surface area contributed by atoms with Crippen molar-refractivity contribution in [2.24, 2.45) is 5.41 Å². The van der Waals surface area contributed by atoms with Gasteiger partial charge in [0.2, 0.25) is 0 Å². The molecule has 180 valence electrons. The first kappa shape index (κ1) is 23.1. The minimum absolute atomic E-state index is 0.118. The summed E-state index contributed by atoms with van der Waals surface area (Å²) >= 11 is 0. The van der Waals surface area contributed by atoms with Crippen LogP contribution >= 0.6 is 0 Å². The number of aliphatic hydroxyl groups excluding tert-OH is 1. The van der Waals surface area contributed by atoms with E-state index in [1.54, 1.807) is 24.3 Å². The van der Waals surface area contributed by atoms with Crippen molar-refractivity contribution < 1.29 is 15.0 Å². The molecule has 8 nitrogen and oxygen atoms in total. The topological polar surface area (TPSA) is 122 Å². The molecule has 8 heteroatoms. The summed E-state index contributed by atoms with van der Waals surface area (Å²) in [4.78, 5) is 23.5. The van der Waals surface area contributed by atoms with Crippen LogP contribution in [0.2, 0.25) is 0 Å². The number of aromatic carboxylic acids is 1. The number of benzene rings is 2. The van der Waals surface area contributed by atoms with E-state index >= 15 is 0 Å². The second-order valence-corrected chi connectivity index (χ2v) is 9.89. The zero-order chi connectivity index (χ0) is 24.7. The number of rotatable bonds is 5. The van der Waals surface area contributed by atoms with Crippen LogP contribution in [0.15, 0.2) is 36.4 Å². The van der Waals surface area contributed by atoms with Crippen molar-refractivity contribution in [1.82, 2.24) is 9.97 Å². The van der Waals surface area contributed by atoms with E-state index in [0.717, 1.165) is 43.4 Å². The minimum atomic E-state index is -0.993. The largest absolute Gasteiger partial charge is 0.478 e. The van der Waals surface area contributed by atoms with Gasteiger partial charge in [-0.3, -0.25) is 0 Å². The van der Waals surface area contributed by atoms with Crippen molar-refractivity contribution in [2.45, 2.75) is 51.7 Å². The molecule has 2 fully saturated rings. The van der Waals surface area contributed by atoms with Crippen LogP contribution in [-0.4, -0.2) is 45.3 Å². The first-order valence-corrected chi connectivity index (χ1v) is 12.1. The van der Waals surface area contributed by atoms with Crippen LogP contribution in [0.5, 0.6) is 0 Å². The van der Waals surface area contributed by atoms with Gasteiger partial charge < -0.3 is 20.4 Å². The molecule has 2 aliphatic rings. The molecule has 35 heavy (non-hydrogen) atoms. The van der Waals surface area contributed by atoms with Gasteiger partial charge in [-0.1, -0.05) is 18.2 Å². The van der Waals surface area contributed by atoms with Crippen LogP contribution < -0.4 is 10.2 Å². The highest BCUT2D eigenvalue weighted by molar-refractivity contribution is 5.94. The molecule has 0 bridgehead atoms. The van der Waals surface area contributed by atoms with E-state index in [1.807, 2.05) is 26.0 Å². The summed E-state index contributed by atoms with van der Waals surface area (Å²) in [6.45, 7) is 5.37. The van der Waals surface area contributed by atoms with E-state index in [9.17, 15) is 20.3 Å². The van der Waals surface area contributed by atoms with Gasteiger partial charge in [-0.05, 0) is 63.3 Å². The molecule has 1 aromatic heterocycles. The maximum absolute atomic E-state index is 11.7. The van der Waals surface area contributed by atoms with Crippen LogP contribution in [0.25, 0.3) is 11.0 Å². The Kier molecular flexibility index (Phi) is 5.81. The lowest BCUT2D eigenvalue weighted by Crippen LogP contribution is -2.55. The van der Waals surface area contributed by atoms with Gasteiger partial charge in [0, 0.05) is 29.8 Å². The second-order valence-electron chi connectivity index (χ2n) is 9.89. The summed E-state index contributed by atoms with van der Waals surface area (Å²) in [7, 11) is 0. The van der Waals surface area contributed by atoms with Crippen molar-refractivity contribution in [3.8, 4) is 6.07 Å². The van der Waals surface area contributed by atoms with E-state index in [1.165, 1.54) is 0 Å². The van der Waals surface area contributed by atoms with E-state index in [0.29, 0.717) is 29.1 Å². The quantitative estimate of drug-likeness (QED) is 0.500. The van der Waals surface area contributed by atoms with Crippen LogP contribution in [-0.2, 0) is 0 Å². The predicted octanol–water partition coefficient (Wildman–Crippen LogP) is 4.42. The second kappa shape index (κ2) is 8.82. The molecule has 0 radical (unpaired) electrons. The summed E-state index contributed by atoms with van der Waals surface area (Å²) in [5.41, 5.74) is 4.09. The van der Waals surface area contributed by atoms with Crippen molar-refractivity contribution >= 4 is 28.5 Å². The third kappa shape index (κ3) is 4.06. The average Bonchev–Trinajstić information content (AvgIpc) is 2.86. The number of aryl methyl sites for hydroxylation is 1. The Morgan fingerprint density at radius 1 is 1.29 bits per heavy atom. The lowest BCUT2D eigenvalue weighted by Gasteiger charge is -2.52. The molecular formula is C27H29N5O3. The van der Waals surface area contributed by atoms with Gasteiger partial charge in [0.15, 0.2) is 11.5 Å². The molecule has 2 aromatic carbocycles. The number of fused-ring (bicyclic) bond motifs is 1. The van der Waals surface area contributed by atoms with Crippen LogP contribution in [0.1, 0.15) is 65.8 Å². The SMILES string of the molecule is Cc1cc([C@@H](C)Nc2ccccc2C(=O)O)c2nc(N3CCCC4(CC[C@H]4O)C3)c(C#N)nc2c1. The molecule has 0 amide bonds. The lowest BCUT2D eigenvalue weighted by atomic mass is 9.62. The molecule has 1 aliphatic carbocycles. The minimum Gasteiger partial charge on any atom is -0.478 e. The number of nitriles is 1. The Labute approximate surface area is 204 Å². The number of nitrogens with zero attached hydrogens (tertiary/aromatic N) is 4. The number of anilines is 2. The van der Waals surface area contributed by atoms with Gasteiger partial charge in [0.25, 0.3) is 0 Å². The van der Waals surface area contributed by atoms with E-state index in [2.05, 4.69) is 21.3 Å². The Bertz CT molecular complexity index is 1350. The maximum Gasteiger partial charge on any atom is 0.337 e. The monoisotopic (exact) mass is 471 g/mol. The van der Waals surface area contributed by atoms with Crippen molar-refractivity contribution in [1.29, 1.82) is 5.26 Å². The predicted molar refractivity (Wildman–Crippen MR) is 134 cm³/mol. The standard InChI is InChI=1S/C27H29N5O3/c1-16-12-19(17(2)29-20-7-4-3-6-18(20)26(34)35)24-21(13-16)30-22(14-28)25(31-24)32-11-5-9-27(15-32)10-8-23(27)33/h3-4,6-7,12-13,17,23,29,33H,5,8-11,15H2,1-2H3,(H,34,35)/t17-,23-,27?/m1/s1. The molecule has 3 atom stereocenters. The molecule has 1 aliphatic heterocycles. The zero-order valence-corrected chi connectivity index (χ0v) is 20.0. The summed E-state index contributed by atoms with van der Waals surface area (Å²) in [6.07, 6.45) is 3.43. The van der Waals surface area contributed by atoms with Gasteiger partial charge in [0.1, 0.15) is 6.07 Å². The Morgan fingerprint density at radius 3 is 2.77 bits per heavy atom. The molecule has 3 aromatic rings. The first-order chi connectivity index (χ1) is 16.8. The molecule has 3 N–H and O–H groups in total. The van der Waals surface area contributed by atoms with Crippen LogP contribution in [0.4, 0.5) is 11.5 Å². The number of nitrogens with one attached hydrogen (secondary N) is 1. The maximum atomic E-state index is 11.7. The first-order valence-electron chi connectivity index (χ1n) is 12.1. The van der Waals surface area contributed by atoms with Crippen molar-refractivity contribution in [3.63, 3.8) is 0 Å². The van der Waals surface area contributed by atoms with Gasteiger partial charge in [-0.2, -0.15) is 5.26 Å². The van der Waals surface area contributed by atoms with E-state index in [-0.39, 0.29) is 28.8 Å². The molecule has 1 unspecified atom stereocenters. The summed E-state index contributed by atoms with van der Waals surface area (Å²) < 4.78 is 0. The zero-order valence-electron chi connectivity index (χ0n) is 20.0. The number of hydrogen-bond acceptors (Lipinski definition) is 7. The Morgan fingerprint density at radius 2 is 2.09 bits per heavy atom. The van der Waals surface area contributed by atoms with Gasteiger partial charge in [-0.15, -0.1) is 0 Å². The van der Waals surface area contributed by atoms with Gasteiger partial charge in [0.05, 0.1) is 28.7 Å². The Hall–Kier alpha value is -3.70. The molecule has 1 saturated carbocycles. The fourth-order valence-corrected chi connectivity index (χ4v) is 5.55. The summed E-state index contributed by atoms with van der Waals surface area (Å²) in [5.74, 6) is -0.436. The number of hydrogen-bond donors (Lipinski definition) is 3. The molecule has 5 rings (SSSR count). The summed E-state index contributed by atoms with van der Waals surface area (Å²) in [5, 5.41) is 33.3. The van der Waals surface area contributed by atoms with E-state index in [4.69, 9.17) is 4.98 Å². The van der Waals surface area contributed by atoms with Crippen LogP contribution in [0.3, 0.4) is 0 Å². The third-order valence-electron chi connectivity index (χ3n) is 7.56. The molecule has 1 spiro atoms.